The van der Waals surface area contributed by atoms with Crippen molar-refractivity contribution in [1.82, 2.24) is 9.80 Å². The lowest BCUT2D eigenvalue weighted by molar-refractivity contribution is -0.138. The van der Waals surface area contributed by atoms with E-state index in [9.17, 15) is 14.4 Å². The predicted molar refractivity (Wildman–Crippen MR) is 163 cm³/mol. The molecule has 0 radical (unpaired) electrons. The first-order valence-corrected chi connectivity index (χ1v) is 14.4. The minimum absolute atomic E-state index is 0.0308. The van der Waals surface area contributed by atoms with Crippen LogP contribution in [0.5, 0.6) is 0 Å². The van der Waals surface area contributed by atoms with Crippen LogP contribution in [0.4, 0.5) is 16.2 Å². The van der Waals surface area contributed by atoms with Gasteiger partial charge in [0.25, 0.3) is 0 Å². The number of hydrogen-bond donors (Lipinski definition) is 2. The number of para-hydroxylation sites is 1. The Morgan fingerprint density at radius 3 is 2.26 bits per heavy atom. The van der Waals surface area contributed by atoms with Crippen LogP contribution in [0.15, 0.2) is 78.9 Å². The van der Waals surface area contributed by atoms with Crippen molar-refractivity contribution in [2.75, 3.05) is 43.7 Å². The molecule has 3 amide bonds. The molecule has 4 rings (SSSR count). The van der Waals surface area contributed by atoms with Crippen LogP contribution in [-0.4, -0.2) is 66.1 Å². The van der Waals surface area contributed by atoms with E-state index in [1.54, 1.807) is 36.4 Å². The number of carboxylic acids is 1. The maximum atomic E-state index is 13.5. The zero-order valence-electron chi connectivity index (χ0n) is 23.7. The molecule has 0 spiro atoms. The van der Waals surface area contributed by atoms with Crippen molar-refractivity contribution in [1.29, 1.82) is 0 Å². The highest BCUT2D eigenvalue weighted by molar-refractivity contribution is 6.33. The Bertz CT molecular complexity index is 1330. The lowest BCUT2D eigenvalue weighted by atomic mass is 9.93. The van der Waals surface area contributed by atoms with Crippen LogP contribution in [0.25, 0.3) is 0 Å². The number of carbonyl (C=O) groups is 3. The summed E-state index contributed by atoms with van der Waals surface area (Å²) in [4.78, 5) is 46.5. The number of aliphatic carboxylic acids is 1. The van der Waals surface area contributed by atoms with Crippen molar-refractivity contribution < 1.29 is 24.3 Å². The zero-order valence-corrected chi connectivity index (χ0v) is 24.5. The van der Waals surface area contributed by atoms with E-state index in [1.165, 1.54) is 7.11 Å². The topological polar surface area (TPSA) is 102 Å². The number of nitrogens with one attached hydrogen (secondary N) is 1. The summed E-state index contributed by atoms with van der Waals surface area (Å²) in [5.41, 5.74) is 2.89. The summed E-state index contributed by atoms with van der Waals surface area (Å²) in [5.74, 6) is -0.304. The molecule has 0 atom stereocenters. The maximum Gasteiger partial charge on any atom is 0.350 e. The quantitative estimate of drug-likeness (QED) is 0.262. The fourth-order valence-electron chi connectivity index (χ4n) is 5.13. The summed E-state index contributed by atoms with van der Waals surface area (Å²) >= 11 is 6.22. The van der Waals surface area contributed by atoms with E-state index in [-0.39, 0.29) is 18.9 Å². The second-order valence-electron chi connectivity index (χ2n) is 10.4. The van der Waals surface area contributed by atoms with Crippen LogP contribution in [-0.2, 0) is 27.4 Å². The molecule has 9 nitrogen and oxygen atoms in total. The molecule has 1 heterocycles. The van der Waals surface area contributed by atoms with E-state index < -0.39 is 12.0 Å². The van der Waals surface area contributed by atoms with E-state index >= 15 is 0 Å². The Hall–Kier alpha value is -3.92. The van der Waals surface area contributed by atoms with Gasteiger partial charge in [-0.05, 0) is 73.7 Å². The van der Waals surface area contributed by atoms with E-state index in [1.807, 2.05) is 52.3 Å². The summed E-state index contributed by atoms with van der Waals surface area (Å²) in [5, 5.41) is 13.3. The number of benzene rings is 3. The van der Waals surface area contributed by atoms with Crippen LogP contribution in [0, 0.1) is 5.92 Å². The van der Waals surface area contributed by atoms with Gasteiger partial charge in [-0.2, -0.15) is 5.06 Å². The molecule has 0 unspecified atom stereocenters. The second kappa shape index (κ2) is 15.3. The molecule has 0 saturated carbocycles. The Morgan fingerprint density at radius 2 is 1.62 bits per heavy atom. The van der Waals surface area contributed by atoms with Gasteiger partial charge in [0.15, 0.2) is 0 Å². The zero-order chi connectivity index (χ0) is 29.9. The number of piperidine rings is 1. The van der Waals surface area contributed by atoms with Crippen LogP contribution < -0.4 is 10.4 Å². The normalized spacial score (nSPS) is 13.9. The number of nitrogens with zero attached hydrogens (tertiary/aromatic N) is 3. The van der Waals surface area contributed by atoms with Gasteiger partial charge in [0.2, 0.25) is 5.91 Å². The number of hydroxylamine groups is 1. The minimum Gasteiger partial charge on any atom is -0.480 e. The van der Waals surface area contributed by atoms with Crippen molar-refractivity contribution in [2.45, 2.75) is 32.2 Å². The number of carbonyl (C=O) groups excluding carboxylic acids is 2. The molecule has 0 aliphatic carbocycles. The summed E-state index contributed by atoms with van der Waals surface area (Å²) in [7, 11) is 1.39. The third-order valence-electron chi connectivity index (χ3n) is 7.44. The first-order chi connectivity index (χ1) is 20.3. The summed E-state index contributed by atoms with van der Waals surface area (Å²) in [6.07, 6.45) is 2.99. The summed E-state index contributed by atoms with van der Waals surface area (Å²) < 4.78 is 0. The van der Waals surface area contributed by atoms with Gasteiger partial charge in [0.05, 0.1) is 30.8 Å². The molecule has 1 aliphatic heterocycles. The smallest absolute Gasteiger partial charge is 0.350 e. The average Bonchev–Trinajstić information content (AvgIpc) is 2.98. The van der Waals surface area contributed by atoms with Crippen molar-refractivity contribution in [3.05, 3.63) is 95.0 Å². The molecule has 1 aliphatic rings. The van der Waals surface area contributed by atoms with Crippen LogP contribution in [0.3, 0.4) is 0 Å². The Kier molecular flexibility index (Phi) is 11.3. The average molecular weight is 593 g/mol. The number of halogens is 1. The monoisotopic (exact) mass is 592 g/mol. The number of amides is 3. The molecule has 0 aromatic heterocycles. The van der Waals surface area contributed by atoms with E-state index in [4.69, 9.17) is 21.5 Å². The van der Waals surface area contributed by atoms with Gasteiger partial charge in [0, 0.05) is 18.8 Å². The van der Waals surface area contributed by atoms with E-state index in [0.717, 1.165) is 48.5 Å². The van der Waals surface area contributed by atoms with E-state index in [2.05, 4.69) is 5.32 Å². The Labute approximate surface area is 251 Å². The largest absolute Gasteiger partial charge is 0.480 e. The summed E-state index contributed by atoms with van der Waals surface area (Å²) in [6, 6.07) is 23.5. The fraction of sp³-hybridized carbons (Fsp3) is 0.344. The number of urea groups is 1. The van der Waals surface area contributed by atoms with Crippen molar-refractivity contribution in [3.8, 4) is 0 Å². The molecule has 222 valence electrons. The van der Waals surface area contributed by atoms with Crippen molar-refractivity contribution in [3.63, 3.8) is 0 Å². The van der Waals surface area contributed by atoms with Gasteiger partial charge >= 0.3 is 12.0 Å². The van der Waals surface area contributed by atoms with Gasteiger partial charge < -0.3 is 15.3 Å². The first kappa shape index (κ1) is 31.0. The molecular weight excluding hydrogens is 556 g/mol. The number of hydrogen-bond acceptors (Lipinski definition) is 5. The van der Waals surface area contributed by atoms with Gasteiger partial charge in [-0.15, -0.1) is 0 Å². The second-order valence-corrected chi connectivity index (χ2v) is 10.8. The first-order valence-electron chi connectivity index (χ1n) is 14.1. The molecular formula is C32H37ClN4O5. The lowest BCUT2D eigenvalue weighted by Gasteiger charge is -2.32. The van der Waals surface area contributed by atoms with Crippen LogP contribution in [0.1, 0.15) is 30.4 Å². The van der Waals surface area contributed by atoms with Crippen LogP contribution in [0.2, 0.25) is 5.02 Å². The standard InChI is InChI=1S/C32H37ClN4O5/c1-42-37(29-10-6-5-9-28(29)33)32(41)34-27-13-11-25(12-14-27)21-30(38)36(22-26-7-3-2-4-8-26)20-17-24-15-18-35(19-16-24)23-31(39)40/h2-14,24H,15-23H2,1H3,(H,34,41)(H,39,40). The molecule has 10 heteroatoms. The lowest BCUT2D eigenvalue weighted by Crippen LogP contribution is -2.39. The number of likely N-dealkylation sites (tertiary alicyclic amines) is 1. The molecule has 1 saturated heterocycles. The maximum absolute atomic E-state index is 13.5. The highest BCUT2D eigenvalue weighted by Crippen LogP contribution is 2.26. The van der Waals surface area contributed by atoms with Crippen LogP contribution >= 0.6 is 11.6 Å². The Morgan fingerprint density at radius 1 is 0.952 bits per heavy atom. The molecule has 3 aromatic rings. The predicted octanol–water partition coefficient (Wildman–Crippen LogP) is 5.70. The van der Waals surface area contributed by atoms with Gasteiger partial charge in [-0.25, -0.2) is 4.79 Å². The van der Waals surface area contributed by atoms with Crippen molar-refractivity contribution >= 4 is 40.9 Å². The Balaban J connectivity index is 1.35. The van der Waals surface area contributed by atoms with Crippen molar-refractivity contribution in [2.24, 2.45) is 5.92 Å². The third kappa shape index (κ3) is 9.04. The minimum atomic E-state index is -0.794. The van der Waals surface area contributed by atoms with Gasteiger partial charge in [-0.1, -0.05) is 66.2 Å². The molecule has 3 aromatic carbocycles. The number of anilines is 2. The number of rotatable bonds is 12. The van der Waals surface area contributed by atoms with Gasteiger partial charge in [0.1, 0.15) is 0 Å². The number of carboxylic acid groups (broad SMARTS) is 1. The molecule has 42 heavy (non-hydrogen) atoms. The van der Waals surface area contributed by atoms with Gasteiger partial charge in [-0.3, -0.25) is 19.3 Å². The highest BCUT2D eigenvalue weighted by Gasteiger charge is 2.23. The summed E-state index contributed by atoms with van der Waals surface area (Å²) in [6.45, 7) is 2.79. The molecule has 0 bridgehead atoms. The fourth-order valence-corrected chi connectivity index (χ4v) is 5.34. The van der Waals surface area contributed by atoms with E-state index in [0.29, 0.717) is 35.4 Å². The third-order valence-corrected chi connectivity index (χ3v) is 7.76. The SMILES string of the molecule is CON(C(=O)Nc1ccc(CC(=O)N(CCC2CCN(CC(=O)O)CC2)Cc2ccccc2)cc1)c1ccccc1Cl. The molecule has 1 fully saturated rings. The highest BCUT2D eigenvalue weighted by atomic mass is 35.5. The molecule has 2 N–H and O–H groups in total.